The number of hydrogen-bond acceptors (Lipinski definition) is 4. The van der Waals surface area contributed by atoms with Crippen molar-refractivity contribution in [2.45, 2.75) is 20.3 Å². The van der Waals surface area contributed by atoms with E-state index in [9.17, 15) is 9.59 Å². The fourth-order valence-corrected chi connectivity index (χ4v) is 2.65. The number of halogens is 1. The van der Waals surface area contributed by atoms with E-state index in [2.05, 4.69) is 31.8 Å². The van der Waals surface area contributed by atoms with Crippen LogP contribution in [0.15, 0.2) is 52.0 Å². The Morgan fingerprint density at radius 2 is 1.96 bits per heavy atom. The molecule has 0 saturated heterocycles. The van der Waals surface area contributed by atoms with Crippen molar-refractivity contribution in [2.75, 3.05) is 11.9 Å². The molecule has 0 saturated carbocycles. The number of nitrogens with zero attached hydrogens (tertiary/aromatic N) is 1. The van der Waals surface area contributed by atoms with E-state index in [1.165, 1.54) is 6.21 Å². The molecule has 2 rings (SSSR count). The summed E-state index contributed by atoms with van der Waals surface area (Å²) in [5.74, 6) is -0.144. The molecule has 0 fully saturated rings. The van der Waals surface area contributed by atoms with E-state index in [1.54, 1.807) is 6.07 Å². The fraction of sp³-hybridized carbons (Fsp3) is 0.211. The summed E-state index contributed by atoms with van der Waals surface area (Å²) in [6, 6.07) is 12.8. The van der Waals surface area contributed by atoms with E-state index in [-0.39, 0.29) is 6.42 Å². The number of ether oxygens (including phenoxy) is 1. The van der Waals surface area contributed by atoms with Gasteiger partial charge in [-0.2, -0.15) is 5.10 Å². The Morgan fingerprint density at radius 3 is 2.65 bits per heavy atom. The van der Waals surface area contributed by atoms with Gasteiger partial charge >= 0.3 is 0 Å². The van der Waals surface area contributed by atoms with Crippen LogP contribution in [0.25, 0.3) is 0 Å². The second-order valence-corrected chi connectivity index (χ2v) is 6.31. The third-order valence-corrected chi connectivity index (χ3v) is 4.02. The van der Waals surface area contributed by atoms with E-state index in [4.69, 9.17) is 4.74 Å². The number of carbonyl (C=O) groups excluding carboxylic acids is 2. The van der Waals surface area contributed by atoms with E-state index >= 15 is 0 Å². The molecule has 2 N–H and O–H groups in total. The Labute approximate surface area is 160 Å². The van der Waals surface area contributed by atoms with Crippen molar-refractivity contribution in [3.05, 3.63) is 58.1 Å². The third kappa shape index (κ3) is 6.00. The molecule has 2 aromatic carbocycles. The van der Waals surface area contributed by atoms with Crippen molar-refractivity contribution in [1.29, 1.82) is 0 Å². The minimum absolute atomic E-state index is 0.307. The zero-order chi connectivity index (χ0) is 18.9. The van der Waals surface area contributed by atoms with Gasteiger partial charge < -0.3 is 10.1 Å². The Kier molecular flexibility index (Phi) is 7.35. The average Bonchev–Trinajstić information content (AvgIpc) is 2.59. The molecule has 0 atom stereocenters. The summed E-state index contributed by atoms with van der Waals surface area (Å²) >= 11 is 3.41. The molecule has 0 spiro atoms. The van der Waals surface area contributed by atoms with Gasteiger partial charge in [0.1, 0.15) is 12.2 Å². The summed E-state index contributed by atoms with van der Waals surface area (Å²) in [4.78, 5) is 23.7. The summed E-state index contributed by atoms with van der Waals surface area (Å²) in [5.41, 5.74) is 4.75. The molecule has 0 aliphatic carbocycles. The number of para-hydroxylation sites is 1. The van der Waals surface area contributed by atoms with Gasteiger partial charge in [0.05, 0.1) is 17.3 Å². The smallest absolute Gasteiger partial charge is 0.249 e. The predicted molar refractivity (Wildman–Crippen MR) is 105 cm³/mol. The Hall–Kier alpha value is -2.67. The molecule has 0 aliphatic rings. The van der Waals surface area contributed by atoms with Gasteiger partial charge in [0.2, 0.25) is 11.8 Å². The number of carbonyl (C=O) groups is 2. The molecule has 0 aliphatic heterocycles. The number of hydrazone groups is 1. The number of rotatable bonds is 7. The molecule has 0 bridgehead atoms. The highest BCUT2D eigenvalue weighted by Gasteiger charge is 2.10. The largest absolute Gasteiger partial charge is 0.493 e. The van der Waals surface area contributed by atoms with Gasteiger partial charge in [-0.3, -0.25) is 9.59 Å². The van der Waals surface area contributed by atoms with Gasteiger partial charge in [0, 0.05) is 5.69 Å². The predicted octanol–water partition coefficient (Wildman–Crippen LogP) is 3.64. The lowest BCUT2D eigenvalue weighted by molar-refractivity contribution is -0.126. The van der Waals surface area contributed by atoms with Crippen molar-refractivity contribution in [2.24, 2.45) is 5.10 Å². The van der Waals surface area contributed by atoms with Gasteiger partial charge in [-0.15, -0.1) is 0 Å². The monoisotopic (exact) mass is 417 g/mol. The lowest BCUT2D eigenvalue weighted by Gasteiger charge is -2.07. The second kappa shape index (κ2) is 9.72. The van der Waals surface area contributed by atoms with Crippen LogP contribution >= 0.6 is 15.9 Å². The summed E-state index contributed by atoms with van der Waals surface area (Å²) < 4.78 is 6.23. The number of amides is 2. The lowest BCUT2D eigenvalue weighted by atomic mass is 10.2. The Balaban J connectivity index is 1.84. The molecular weight excluding hydrogens is 398 g/mol. The number of aryl methyl sites for hydroxylation is 1. The number of hydrogen-bond donors (Lipinski definition) is 2. The van der Waals surface area contributed by atoms with Crippen molar-refractivity contribution in [3.63, 3.8) is 0 Å². The highest BCUT2D eigenvalue weighted by atomic mass is 79.9. The zero-order valence-electron chi connectivity index (χ0n) is 14.6. The number of benzene rings is 2. The van der Waals surface area contributed by atoms with Crippen LogP contribution < -0.4 is 15.5 Å². The Bertz CT molecular complexity index is 821. The summed E-state index contributed by atoms with van der Waals surface area (Å²) in [6.07, 6.45) is 1.19. The molecule has 136 valence electrons. The van der Waals surface area contributed by atoms with Crippen LogP contribution in [0.4, 0.5) is 5.69 Å². The van der Waals surface area contributed by atoms with Crippen molar-refractivity contribution >= 4 is 39.6 Å². The molecule has 2 aromatic rings. The first-order chi connectivity index (χ1) is 12.5. The minimum Gasteiger partial charge on any atom is -0.493 e. The van der Waals surface area contributed by atoms with Crippen LogP contribution in [0.3, 0.4) is 0 Å². The first-order valence-corrected chi connectivity index (χ1v) is 8.88. The summed E-state index contributed by atoms with van der Waals surface area (Å²) in [6.45, 7) is 4.37. The quantitative estimate of drug-likeness (QED) is 0.410. The maximum atomic E-state index is 11.9. The highest BCUT2D eigenvalue weighted by molar-refractivity contribution is 9.10. The summed E-state index contributed by atoms with van der Waals surface area (Å²) in [5, 5.41) is 6.57. The van der Waals surface area contributed by atoms with Crippen LogP contribution in [0, 0.1) is 6.92 Å². The topological polar surface area (TPSA) is 79.8 Å². The fourth-order valence-electron chi connectivity index (χ4n) is 2.14. The molecule has 26 heavy (non-hydrogen) atoms. The minimum atomic E-state index is -0.489. The van der Waals surface area contributed by atoms with Crippen molar-refractivity contribution < 1.29 is 14.3 Å². The van der Waals surface area contributed by atoms with Crippen LogP contribution in [0.2, 0.25) is 0 Å². The molecule has 0 heterocycles. The zero-order valence-corrected chi connectivity index (χ0v) is 16.2. The number of nitrogens with one attached hydrogen (secondary N) is 2. The van der Waals surface area contributed by atoms with Crippen molar-refractivity contribution in [3.8, 4) is 5.75 Å². The van der Waals surface area contributed by atoms with Gasteiger partial charge in [0.15, 0.2) is 0 Å². The standard InChI is InChI=1S/C19H20BrN3O3/c1-3-26-17-9-8-14(10-15(17)20)12-21-23-19(25)11-18(24)22-16-7-5-4-6-13(16)2/h4-10,12H,3,11H2,1-2H3,(H,22,24)(H,23,25). The third-order valence-electron chi connectivity index (χ3n) is 3.40. The molecule has 2 amide bonds. The van der Waals surface area contributed by atoms with E-state index < -0.39 is 11.8 Å². The lowest BCUT2D eigenvalue weighted by Crippen LogP contribution is -2.24. The van der Waals surface area contributed by atoms with E-state index in [0.29, 0.717) is 12.3 Å². The van der Waals surface area contributed by atoms with Gasteiger partial charge in [-0.1, -0.05) is 18.2 Å². The van der Waals surface area contributed by atoms with Gasteiger partial charge in [-0.25, -0.2) is 5.43 Å². The van der Waals surface area contributed by atoms with Crippen molar-refractivity contribution in [1.82, 2.24) is 5.43 Å². The molecule has 0 radical (unpaired) electrons. The van der Waals surface area contributed by atoms with Crippen LogP contribution in [-0.4, -0.2) is 24.6 Å². The first-order valence-electron chi connectivity index (χ1n) is 8.09. The molecule has 6 nitrogen and oxygen atoms in total. The second-order valence-electron chi connectivity index (χ2n) is 5.46. The summed E-state index contributed by atoms with van der Waals surface area (Å²) in [7, 11) is 0. The first kappa shape index (κ1) is 19.7. The Morgan fingerprint density at radius 1 is 1.19 bits per heavy atom. The maximum Gasteiger partial charge on any atom is 0.249 e. The van der Waals surface area contributed by atoms with Crippen LogP contribution in [-0.2, 0) is 9.59 Å². The van der Waals surface area contributed by atoms with E-state index in [0.717, 1.165) is 21.3 Å². The molecule has 0 unspecified atom stereocenters. The van der Waals surface area contributed by atoms with Crippen LogP contribution in [0.1, 0.15) is 24.5 Å². The highest BCUT2D eigenvalue weighted by Crippen LogP contribution is 2.25. The van der Waals surface area contributed by atoms with Crippen LogP contribution in [0.5, 0.6) is 5.75 Å². The maximum absolute atomic E-state index is 11.9. The molecule has 0 aromatic heterocycles. The average molecular weight is 418 g/mol. The molecular formula is C19H20BrN3O3. The van der Waals surface area contributed by atoms with E-state index in [1.807, 2.05) is 50.2 Å². The SMILES string of the molecule is CCOc1ccc(C=NNC(=O)CC(=O)Nc2ccccc2C)cc1Br. The van der Waals surface area contributed by atoms with Gasteiger partial charge in [-0.05, 0) is 65.2 Å². The molecule has 7 heteroatoms. The normalized spacial score (nSPS) is 10.6. The van der Waals surface area contributed by atoms with Gasteiger partial charge in [0.25, 0.3) is 0 Å². The number of anilines is 1.